The Balaban J connectivity index is 2.69. The van der Waals surface area contributed by atoms with Crippen molar-refractivity contribution < 1.29 is 5.11 Å². The van der Waals surface area contributed by atoms with Gasteiger partial charge < -0.3 is 5.11 Å². The van der Waals surface area contributed by atoms with E-state index in [0.717, 1.165) is 6.42 Å². The number of aliphatic hydroxyl groups is 1. The Hall–Kier alpha value is -1.08. The molecule has 1 nitrogen and oxygen atoms in total. The van der Waals surface area contributed by atoms with Crippen molar-refractivity contribution in [3.05, 3.63) is 47.0 Å². The minimum Gasteiger partial charge on any atom is -0.392 e. The number of rotatable bonds is 3. The Morgan fingerprint density at radius 3 is 2.85 bits per heavy atom. The van der Waals surface area contributed by atoms with Crippen LogP contribution in [0.1, 0.15) is 18.1 Å². The van der Waals surface area contributed by atoms with Crippen molar-refractivity contribution >= 4 is 0 Å². The van der Waals surface area contributed by atoms with Crippen molar-refractivity contribution in [3.8, 4) is 0 Å². The van der Waals surface area contributed by atoms with Crippen LogP contribution in [0.2, 0.25) is 0 Å². The monoisotopic (exact) mass is 176 g/mol. The Morgan fingerprint density at radius 2 is 2.23 bits per heavy atom. The lowest BCUT2D eigenvalue weighted by Gasteiger charge is -2.02. The molecule has 13 heavy (non-hydrogen) atoms. The normalized spacial score (nSPS) is 11.8. The van der Waals surface area contributed by atoms with E-state index < -0.39 is 0 Å². The third-order valence-corrected chi connectivity index (χ3v) is 2.01. The molecule has 0 aromatic heterocycles. The second-order valence-electron chi connectivity index (χ2n) is 3.40. The first-order valence-corrected chi connectivity index (χ1v) is 4.54. The highest BCUT2D eigenvalue weighted by atomic mass is 16.2. The van der Waals surface area contributed by atoms with Crippen LogP contribution < -0.4 is 0 Å². The van der Waals surface area contributed by atoms with E-state index in [4.69, 9.17) is 5.11 Å². The Morgan fingerprint density at radius 1 is 1.46 bits per heavy atom. The van der Waals surface area contributed by atoms with Gasteiger partial charge in [-0.25, -0.2) is 0 Å². The van der Waals surface area contributed by atoms with Crippen LogP contribution in [0.25, 0.3) is 0 Å². The van der Waals surface area contributed by atoms with Crippen LogP contribution in [0.3, 0.4) is 0 Å². The van der Waals surface area contributed by atoms with E-state index in [1.54, 1.807) is 0 Å². The molecule has 0 saturated carbocycles. The molecule has 0 bridgehead atoms. The van der Waals surface area contributed by atoms with Gasteiger partial charge in [0.15, 0.2) is 0 Å². The number of hydrogen-bond donors (Lipinski definition) is 1. The fourth-order valence-electron chi connectivity index (χ4n) is 1.37. The van der Waals surface area contributed by atoms with Gasteiger partial charge >= 0.3 is 0 Å². The molecule has 1 N–H and O–H groups in total. The lowest BCUT2D eigenvalue weighted by Crippen LogP contribution is -1.89. The molecule has 0 aliphatic rings. The first-order valence-electron chi connectivity index (χ1n) is 4.54. The van der Waals surface area contributed by atoms with E-state index in [1.807, 2.05) is 13.0 Å². The molecule has 1 heteroatoms. The first kappa shape index (κ1) is 10.0. The summed E-state index contributed by atoms with van der Waals surface area (Å²) >= 11 is 0. The summed E-state index contributed by atoms with van der Waals surface area (Å²) in [6.07, 6.45) is 2.78. The van der Waals surface area contributed by atoms with Gasteiger partial charge in [-0.1, -0.05) is 41.5 Å². The van der Waals surface area contributed by atoms with E-state index in [0.29, 0.717) is 0 Å². The third kappa shape index (κ3) is 3.43. The van der Waals surface area contributed by atoms with Crippen LogP contribution >= 0.6 is 0 Å². The van der Waals surface area contributed by atoms with Gasteiger partial charge in [-0.05, 0) is 25.8 Å². The number of benzene rings is 1. The zero-order chi connectivity index (χ0) is 9.68. The van der Waals surface area contributed by atoms with Gasteiger partial charge in [0.25, 0.3) is 0 Å². The van der Waals surface area contributed by atoms with E-state index >= 15 is 0 Å². The molecule has 1 aromatic carbocycles. The molecule has 0 aliphatic heterocycles. The molecule has 0 fully saturated rings. The Labute approximate surface area is 79.7 Å². The van der Waals surface area contributed by atoms with E-state index in [1.165, 1.54) is 16.7 Å². The van der Waals surface area contributed by atoms with Crippen molar-refractivity contribution in [2.45, 2.75) is 20.3 Å². The first-order chi connectivity index (χ1) is 6.22. The predicted molar refractivity (Wildman–Crippen MR) is 55.7 cm³/mol. The molecule has 0 unspecified atom stereocenters. The zero-order valence-electron chi connectivity index (χ0n) is 8.25. The fourth-order valence-corrected chi connectivity index (χ4v) is 1.37. The topological polar surface area (TPSA) is 20.2 Å². The molecule has 0 aliphatic carbocycles. The molecular weight excluding hydrogens is 160 g/mol. The highest BCUT2D eigenvalue weighted by Gasteiger charge is 1.94. The number of aryl methyl sites for hydroxylation is 1. The fraction of sp³-hybridized carbons (Fsp3) is 0.333. The summed E-state index contributed by atoms with van der Waals surface area (Å²) in [5.41, 5.74) is 3.81. The molecule has 0 radical (unpaired) electrons. The summed E-state index contributed by atoms with van der Waals surface area (Å²) in [5.74, 6) is 0. The lowest BCUT2D eigenvalue weighted by molar-refractivity contribution is 0.341. The van der Waals surface area contributed by atoms with Gasteiger partial charge in [0, 0.05) is 0 Å². The van der Waals surface area contributed by atoms with Gasteiger partial charge in [0.05, 0.1) is 6.61 Å². The van der Waals surface area contributed by atoms with Gasteiger partial charge in [0.1, 0.15) is 0 Å². The van der Waals surface area contributed by atoms with Crippen LogP contribution in [0.4, 0.5) is 0 Å². The maximum atomic E-state index is 8.69. The molecular formula is C12H16O. The van der Waals surface area contributed by atoms with Gasteiger partial charge in [-0.15, -0.1) is 0 Å². The lowest BCUT2D eigenvalue weighted by atomic mass is 10.0. The highest BCUT2D eigenvalue weighted by molar-refractivity contribution is 5.25. The predicted octanol–water partition coefficient (Wildman–Crippen LogP) is 2.48. The standard InChI is InChI=1S/C12H16O/c1-10-4-3-5-12(8-10)9-11(2)6-7-13/h3-6,8,13H,7,9H2,1-2H3/b11-6+. The Bertz CT molecular complexity index is 300. The average molecular weight is 176 g/mol. The average Bonchev–Trinajstić information content (AvgIpc) is 2.04. The number of hydrogen-bond acceptors (Lipinski definition) is 1. The minimum atomic E-state index is 0.137. The van der Waals surface area contributed by atoms with Crippen molar-refractivity contribution in [2.24, 2.45) is 0 Å². The van der Waals surface area contributed by atoms with Gasteiger partial charge in [-0.2, -0.15) is 0 Å². The van der Waals surface area contributed by atoms with Crippen LogP contribution in [-0.4, -0.2) is 11.7 Å². The number of allylic oxidation sites excluding steroid dienone is 1. The van der Waals surface area contributed by atoms with E-state index in [2.05, 4.69) is 31.2 Å². The van der Waals surface area contributed by atoms with E-state index in [-0.39, 0.29) is 6.61 Å². The molecule has 0 amide bonds. The van der Waals surface area contributed by atoms with Crippen molar-refractivity contribution in [2.75, 3.05) is 6.61 Å². The smallest absolute Gasteiger partial charge is 0.0615 e. The Kier molecular flexibility index (Phi) is 3.71. The minimum absolute atomic E-state index is 0.137. The van der Waals surface area contributed by atoms with Crippen molar-refractivity contribution in [1.29, 1.82) is 0 Å². The molecule has 0 heterocycles. The molecule has 1 aromatic rings. The molecule has 0 spiro atoms. The molecule has 1 rings (SSSR count). The largest absolute Gasteiger partial charge is 0.392 e. The zero-order valence-corrected chi connectivity index (χ0v) is 8.25. The van der Waals surface area contributed by atoms with Crippen LogP contribution in [0, 0.1) is 6.92 Å². The number of aliphatic hydroxyl groups excluding tert-OH is 1. The molecule has 0 saturated heterocycles. The SMILES string of the molecule is C/C(=C\CO)Cc1cccc(C)c1. The summed E-state index contributed by atoms with van der Waals surface area (Å²) in [5, 5.41) is 8.69. The molecule has 70 valence electrons. The third-order valence-electron chi connectivity index (χ3n) is 2.01. The van der Waals surface area contributed by atoms with Crippen molar-refractivity contribution in [3.63, 3.8) is 0 Å². The molecule has 0 atom stereocenters. The second kappa shape index (κ2) is 4.83. The van der Waals surface area contributed by atoms with E-state index in [9.17, 15) is 0 Å². The van der Waals surface area contributed by atoms with Gasteiger partial charge in [-0.3, -0.25) is 0 Å². The van der Waals surface area contributed by atoms with Crippen LogP contribution in [0.15, 0.2) is 35.9 Å². The van der Waals surface area contributed by atoms with Crippen LogP contribution in [0.5, 0.6) is 0 Å². The summed E-state index contributed by atoms with van der Waals surface area (Å²) in [7, 11) is 0. The summed E-state index contributed by atoms with van der Waals surface area (Å²) in [6, 6.07) is 8.45. The van der Waals surface area contributed by atoms with Crippen molar-refractivity contribution in [1.82, 2.24) is 0 Å². The summed E-state index contributed by atoms with van der Waals surface area (Å²) in [4.78, 5) is 0. The summed E-state index contributed by atoms with van der Waals surface area (Å²) in [6.45, 7) is 4.27. The van der Waals surface area contributed by atoms with Gasteiger partial charge in [0.2, 0.25) is 0 Å². The second-order valence-corrected chi connectivity index (χ2v) is 3.40. The maximum absolute atomic E-state index is 8.69. The van der Waals surface area contributed by atoms with Crippen LogP contribution in [-0.2, 0) is 6.42 Å². The highest BCUT2D eigenvalue weighted by Crippen LogP contribution is 2.09. The quantitative estimate of drug-likeness (QED) is 0.701. The summed E-state index contributed by atoms with van der Waals surface area (Å²) < 4.78 is 0. The maximum Gasteiger partial charge on any atom is 0.0615 e.